The summed E-state index contributed by atoms with van der Waals surface area (Å²) in [5.74, 6) is 1.85. The first-order chi connectivity index (χ1) is 26.2. The average molecular weight is 720 g/mol. The first-order valence-corrected chi connectivity index (χ1v) is 19.0. The van der Waals surface area contributed by atoms with Crippen LogP contribution in [0.25, 0.3) is 22.5 Å². The minimum atomic E-state index is 0.324. The number of fused-ring (bicyclic) bond motifs is 1. The molecule has 3 aliphatic rings. The summed E-state index contributed by atoms with van der Waals surface area (Å²) in [5.41, 5.74) is 7.96. The average Bonchev–Trinajstić information content (AvgIpc) is 3.67. The largest absolute Gasteiger partial charge is 0.388 e. The Labute approximate surface area is 312 Å². The topological polar surface area (TPSA) is 124 Å². The maximum atomic E-state index is 10.2. The van der Waals surface area contributed by atoms with Crippen molar-refractivity contribution in [1.82, 2.24) is 25.3 Å². The third kappa shape index (κ3) is 9.69. The van der Waals surface area contributed by atoms with E-state index in [1.807, 2.05) is 57.3 Å². The van der Waals surface area contributed by atoms with Crippen molar-refractivity contribution in [2.75, 3.05) is 93.1 Å². The fraction of sp³-hybridized carbons (Fsp3) is 0.415. The third-order valence-electron chi connectivity index (χ3n) is 9.87. The molecule has 3 aliphatic heterocycles. The summed E-state index contributed by atoms with van der Waals surface area (Å²) in [6, 6.07) is 26.8. The molecule has 0 spiro atoms. The van der Waals surface area contributed by atoms with E-state index in [1.54, 1.807) is 0 Å². The Morgan fingerprint density at radius 3 is 2.15 bits per heavy atom. The number of anilines is 4. The summed E-state index contributed by atoms with van der Waals surface area (Å²) in [7, 11) is 1.92. The summed E-state index contributed by atoms with van der Waals surface area (Å²) >= 11 is 0. The van der Waals surface area contributed by atoms with Crippen molar-refractivity contribution >= 4 is 40.4 Å². The molecular formula is C41H53N9O3. The number of benzene rings is 3. The van der Waals surface area contributed by atoms with Crippen molar-refractivity contribution in [3.63, 3.8) is 0 Å². The van der Waals surface area contributed by atoms with E-state index in [0.717, 1.165) is 106 Å². The van der Waals surface area contributed by atoms with E-state index < -0.39 is 0 Å². The SMILES string of the molecule is CC.CNc1ccc(-c2nc(N3CCOCC3)c3onc(C4CCN(Cc5ccccc5)CC4)c3n2)cc1.O=CNc1ccc(N2CCNCC2)cc1. The zero-order valence-corrected chi connectivity index (χ0v) is 31.3. The number of rotatable bonds is 9. The van der Waals surface area contributed by atoms with Crippen LogP contribution in [0.2, 0.25) is 0 Å². The standard InChI is InChI=1S/C28H32N6O2.C11H15N3O.C2H6/c1-29-23-9-7-22(8-10-23)27-30-25-24(32-36-26(25)28(31-27)34-15-17-35-18-16-34)21-11-13-33(14-12-21)19-20-5-3-2-4-6-20;15-9-13-10-1-3-11(4-2-10)14-7-5-12-6-8-14;1-2/h2-10,21,29H,11-19H2,1H3;1-4,9,12H,5-8H2,(H,13,15);1-2H3. The predicted octanol–water partition coefficient (Wildman–Crippen LogP) is 6.23. The molecule has 3 N–H and O–H groups in total. The van der Waals surface area contributed by atoms with Crippen LogP contribution in [0.4, 0.5) is 22.9 Å². The number of nitrogens with zero attached hydrogens (tertiary/aromatic N) is 6. The van der Waals surface area contributed by atoms with E-state index in [4.69, 9.17) is 19.2 Å². The second-order valence-corrected chi connectivity index (χ2v) is 13.1. The number of likely N-dealkylation sites (tertiary alicyclic amines) is 1. The molecule has 5 heterocycles. The minimum Gasteiger partial charge on any atom is -0.388 e. The molecule has 0 aliphatic carbocycles. The van der Waals surface area contributed by atoms with Gasteiger partial charge in [-0.1, -0.05) is 49.3 Å². The van der Waals surface area contributed by atoms with Gasteiger partial charge < -0.3 is 35.0 Å². The highest BCUT2D eigenvalue weighted by Gasteiger charge is 2.29. The van der Waals surface area contributed by atoms with Crippen molar-refractivity contribution in [3.05, 3.63) is 90.1 Å². The second-order valence-electron chi connectivity index (χ2n) is 13.1. The second kappa shape index (κ2) is 19.2. The van der Waals surface area contributed by atoms with Crippen LogP contribution < -0.4 is 25.8 Å². The predicted molar refractivity (Wildman–Crippen MR) is 214 cm³/mol. The maximum Gasteiger partial charge on any atom is 0.227 e. The highest BCUT2D eigenvalue weighted by atomic mass is 16.5. The van der Waals surface area contributed by atoms with Gasteiger partial charge >= 0.3 is 0 Å². The van der Waals surface area contributed by atoms with Crippen LogP contribution in [0.5, 0.6) is 0 Å². The van der Waals surface area contributed by atoms with Crippen molar-refractivity contribution in [1.29, 1.82) is 0 Å². The lowest BCUT2D eigenvalue weighted by molar-refractivity contribution is -0.105. The lowest BCUT2D eigenvalue weighted by atomic mass is 9.92. The van der Waals surface area contributed by atoms with Gasteiger partial charge in [0.15, 0.2) is 11.6 Å². The van der Waals surface area contributed by atoms with Crippen LogP contribution in [0.1, 0.15) is 43.9 Å². The number of hydrogen-bond donors (Lipinski definition) is 3. The normalized spacial score (nSPS) is 16.6. The fourth-order valence-electron chi connectivity index (χ4n) is 6.97. The maximum absolute atomic E-state index is 10.2. The summed E-state index contributed by atoms with van der Waals surface area (Å²) < 4.78 is 11.5. The Bertz CT molecular complexity index is 1830. The van der Waals surface area contributed by atoms with E-state index in [9.17, 15) is 4.79 Å². The van der Waals surface area contributed by atoms with Crippen LogP contribution in [-0.2, 0) is 16.1 Å². The lowest BCUT2D eigenvalue weighted by Crippen LogP contribution is -2.43. The summed E-state index contributed by atoms with van der Waals surface area (Å²) in [6.45, 7) is 14.1. The van der Waals surface area contributed by atoms with Gasteiger partial charge in [-0.3, -0.25) is 9.69 Å². The Balaban J connectivity index is 0.000000236. The number of ether oxygens (including phenoxy) is 1. The summed E-state index contributed by atoms with van der Waals surface area (Å²) in [4.78, 5) is 27.3. The number of nitrogens with one attached hydrogen (secondary N) is 3. The van der Waals surface area contributed by atoms with E-state index in [1.165, 1.54) is 11.3 Å². The molecule has 0 bridgehead atoms. The smallest absolute Gasteiger partial charge is 0.227 e. The van der Waals surface area contributed by atoms with Crippen molar-refractivity contribution in [2.24, 2.45) is 0 Å². The number of carbonyl (C=O) groups excluding carboxylic acids is 1. The monoisotopic (exact) mass is 719 g/mol. The Kier molecular flexibility index (Phi) is 13.6. The molecule has 3 saturated heterocycles. The van der Waals surface area contributed by atoms with Gasteiger partial charge in [0.2, 0.25) is 12.0 Å². The molecule has 0 radical (unpaired) electrons. The molecule has 280 valence electrons. The van der Waals surface area contributed by atoms with Gasteiger partial charge in [0, 0.05) is 81.4 Å². The van der Waals surface area contributed by atoms with Gasteiger partial charge in [-0.05, 0) is 80.0 Å². The Hall–Kier alpha value is -5.04. The van der Waals surface area contributed by atoms with Gasteiger partial charge in [0.05, 0.1) is 13.2 Å². The molecule has 3 aromatic carbocycles. The molecule has 3 fully saturated rings. The molecule has 12 heteroatoms. The molecule has 1 amide bonds. The van der Waals surface area contributed by atoms with Crippen molar-refractivity contribution in [3.8, 4) is 11.4 Å². The molecule has 8 rings (SSSR count). The van der Waals surface area contributed by atoms with E-state index >= 15 is 0 Å². The van der Waals surface area contributed by atoms with Gasteiger partial charge in [-0.2, -0.15) is 0 Å². The molecule has 0 saturated carbocycles. The van der Waals surface area contributed by atoms with E-state index in [2.05, 4.69) is 78.3 Å². The first kappa shape index (κ1) is 37.7. The third-order valence-corrected chi connectivity index (χ3v) is 9.87. The fourth-order valence-corrected chi connectivity index (χ4v) is 6.97. The van der Waals surface area contributed by atoms with Crippen LogP contribution >= 0.6 is 0 Å². The number of piperazine rings is 1. The van der Waals surface area contributed by atoms with E-state index in [0.29, 0.717) is 36.9 Å². The molecule has 0 atom stereocenters. The van der Waals surface area contributed by atoms with Crippen LogP contribution in [0.15, 0.2) is 83.4 Å². The highest BCUT2D eigenvalue weighted by molar-refractivity contribution is 5.88. The van der Waals surface area contributed by atoms with Crippen LogP contribution in [-0.4, -0.2) is 99.1 Å². The summed E-state index contributed by atoms with van der Waals surface area (Å²) in [6.07, 6.45) is 2.77. The summed E-state index contributed by atoms with van der Waals surface area (Å²) in [5, 5.41) is 13.7. The van der Waals surface area contributed by atoms with Gasteiger partial charge in [-0.15, -0.1) is 0 Å². The van der Waals surface area contributed by atoms with Crippen molar-refractivity contribution < 1.29 is 14.1 Å². The number of piperidine rings is 1. The Morgan fingerprint density at radius 1 is 0.811 bits per heavy atom. The zero-order valence-electron chi connectivity index (χ0n) is 31.3. The first-order valence-electron chi connectivity index (χ1n) is 19.0. The quantitative estimate of drug-likeness (QED) is 0.150. The van der Waals surface area contributed by atoms with Gasteiger partial charge in [0.25, 0.3) is 0 Å². The number of hydrogen-bond acceptors (Lipinski definition) is 11. The Morgan fingerprint density at radius 2 is 1.49 bits per heavy atom. The molecule has 2 aromatic heterocycles. The lowest BCUT2D eigenvalue weighted by Gasteiger charge is -2.31. The van der Waals surface area contributed by atoms with E-state index in [-0.39, 0.29) is 0 Å². The molecular weight excluding hydrogens is 667 g/mol. The number of aromatic nitrogens is 3. The number of carbonyl (C=O) groups is 1. The molecule has 0 unspecified atom stereocenters. The minimum absolute atomic E-state index is 0.324. The van der Waals surface area contributed by atoms with Crippen LogP contribution in [0, 0.1) is 0 Å². The molecule has 53 heavy (non-hydrogen) atoms. The van der Waals surface area contributed by atoms with Gasteiger partial charge in [-0.25, -0.2) is 9.97 Å². The van der Waals surface area contributed by atoms with Crippen LogP contribution in [0.3, 0.4) is 0 Å². The van der Waals surface area contributed by atoms with Crippen molar-refractivity contribution in [2.45, 2.75) is 39.2 Å². The van der Waals surface area contributed by atoms with Gasteiger partial charge in [0.1, 0.15) is 11.2 Å². The highest BCUT2D eigenvalue weighted by Crippen LogP contribution is 2.36. The molecule has 12 nitrogen and oxygen atoms in total. The number of morpholine rings is 1. The number of amides is 1. The molecule has 5 aromatic rings. The zero-order chi connectivity index (χ0) is 36.8.